The molecule has 0 heterocycles. The third-order valence-electron chi connectivity index (χ3n) is 1.94. The molecule has 0 aromatic carbocycles. The van der Waals surface area contributed by atoms with Crippen LogP contribution < -0.4 is 0 Å². The summed E-state index contributed by atoms with van der Waals surface area (Å²) in [6, 6.07) is 0. The first-order chi connectivity index (χ1) is 5.19. The molecule has 0 aromatic rings. The van der Waals surface area contributed by atoms with Gasteiger partial charge in [0.05, 0.1) is 11.7 Å². The summed E-state index contributed by atoms with van der Waals surface area (Å²) in [6.07, 6.45) is -0.0287. The van der Waals surface area contributed by atoms with E-state index in [2.05, 4.69) is 0 Å². The molecule has 0 saturated carbocycles. The van der Waals surface area contributed by atoms with E-state index in [1.54, 1.807) is 13.8 Å². The summed E-state index contributed by atoms with van der Waals surface area (Å²) in [7, 11) is 0. The molecule has 0 aromatic heterocycles. The van der Waals surface area contributed by atoms with Crippen LogP contribution in [0.25, 0.3) is 0 Å². The Balaban J connectivity index is 4.22. The van der Waals surface area contributed by atoms with Gasteiger partial charge in [-0.2, -0.15) is 0 Å². The minimum Gasteiger partial charge on any atom is -0.391 e. The Morgan fingerprint density at radius 2 is 1.67 bits per heavy atom. The maximum atomic E-state index is 9.54. The van der Waals surface area contributed by atoms with Gasteiger partial charge in [0, 0.05) is 5.88 Å². The van der Waals surface area contributed by atoms with Crippen LogP contribution in [0.15, 0.2) is 0 Å². The van der Waals surface area contributed by atoms with Crippen molar-refractivity contribution in [3.05, 3.63) is 0 Å². The largest absolute Gasteiger partial charge is 0.391 e. The maximum Gasteiger partial charge on any atom is 0.0727 e. The van der Waals surface area contributed by atoms with Crippen LogP contribution in [0.2, 0.25) is 0 Å². The Hall–Kier alpha value is 0.210. The Bertz CT molecular complexity index is 138. The molecule has 0 unspecified atom stereocenters. The molecule has 0 fully saturated rings. The number of halogens is 1. The van der Waals surface area contributed by atoms with Gasteiger partial charge in [-0.3, -0.25) is 0 Å². The Morgan fingerprint density at radius 1 is 1.25 bits per heavy atom. The molecule has 0 aliphatic rings. The standard InChI is InChI=1S/C9H19ClO2/c1-8(2,7(11)5-10)6-9(3,4)12/h7,11-12H,5-6H2,1-4H3/t7-/m0/s1. The third-order valence-corrected chi connectivity index (χ3v) is 2.23. The van der Waals surface area contributed by atoms with E-state index in [1.807, 2.05) is 13.8 Å². The number of aliphatic hydroxyl groups excluding tert-OH is 1. The van der Waals surface area contributed by atoms with Gasteiger partial charge in [0.15, 0.2) is 0 Å². The second-order valence-electron chi connectivity index (χ2n) is 4.65. The lowest BCUT2D eigenvalue weighted by atomic mass is 9.78. The van der Waals surface area contributed by atoms with Crippen LogP contribution in [-0.2, 0) is 0 Å². The van der Waals surface area contributed by atoms with Crippen LogP contribution in [0, 0.1) is 5.41 Å². The van der Waals surface area contributed by atoms with Crippen molar-refractivity contribution in [2.75, 3.05) is 5.88 Å². The average Bonchev–Trinajstić information content (AvgIpc) is 1.80. The lowest BCUT2D eigenvalue weighted by Crippen LogP contribution is -2.37. The number of alkyl halides is 1. The highest BCUT2D eigenvalue weighted by molar-refractivity contribution is 6.18. The molecule has 12 heavy (non-hydrogen) atoms. The van der Waals surface area contributed by atoms with Crippen LogP contribution >= 0.6 is 11.6 Å². The predicted octanol–water partition coefficient (Wildman–Crippen LogP) is 1.77. The normalized spacial score (nSPS) is 16.2. The zero-order chi connectivity index (χ0) is 9.99. The van der Waals surface area contributed by atoms with Gasteiger partial charge in [-0.15, -0.1) is 11.6 Å². The van der Waals surface area contributed by atoms with E-state index in [0.717, 1.165) is 0 Å². The second-order valence-corrected chi connectivity index (χ2v) is 4.96. The molecule has 3 heteroatoms. The molecular weight excluding hydrogens is 176 g/mol. The van der Waals surface area contributed by atoms with E-state index in [9.17, 15) is 10.2 Å². The van der Waals surface area contributed by atoms with E-state index >= 15 is 0 Å². The molecule has 0 saturated heterocycles. The lowest BCUT2D eigenvalue weighted by Gasteiger charge is -2.34. The van der Waals surface area contributed by atoms with Crippen molar-refractivity contribution >= 4 is 11.6 Å². The molecule has 2 nitrogen and oxygen atoms in total. The summed E-state index contributed by atoms with van der Waals surface area (Å²) in [5.74, 6) is 0.211. The minimum absolute atomic E-state index is 0.211. The van der Waals surface area contributed by atoms with Crippen molar-refractivity contribution in [1.29, 1.82) is 0 Å². The van der Waals surface area contributed by atoms with Crippen molar-refractivity contribution in [3.8, 4) is 0 Å². The van der Waals surface area contributed by atoms with Crippen molar-refractivity contribution in [1.82, 2.24) is 0 Å². The number of rotatable bonds is 4. The van der Waals surface area contributed by atoms with Crippen LogP contribution in [0.1, 0.15) is 34.1 Å². The summed E-state index contributed by atoms with van der Waals surface area (Å²) in [5.41, 5.74) is -1.09. The van der Waals surface area contributed by atoms with E-state index < -0.39 is 11.7 Å². The molecular formula is C9H19ClO2. The molecule has 0 aliphatic heterocycles. The fourth-order valence-corrected chi connectivity index (χ4v) is 1.86. The topological polar surface area (TPSA) is 40.5 Å². The van der Waals surface area contributed by atoms with Gasteiger partial charge in [-0.25, -0.2) is 0 Å². The molecule has 0 rings (SSSR count). The zero-order valence-corrected chi connectivity index (χ0v) is 9.02. The summed E-state index contributed by atoms with van der Waals surface area (Å²) in [4.78, 5) is 0. The first kappa shape index (κ1) is 12.2. The molecule has 0 amide bonds. The SMILES string of the molecule is CC(C)(O)CC(C)(C)[C@@H](O)CCl. The molecule has 0 bridgehead atoms. The molecule has 74 valence electrons. The van der Waals surface area contributed by atoms with Gasteiger partial charge >= 0.3 is 0 Å². The third kappa shape index (κ3) is 4.29. The quantitative estimate of drug-likeness (QED) is 0.670. The van der Waals surface area contributed by atoms with Crippen molar-refractivity contribution in [2.24, 2.45) is 5.41 Å². The van der Waals surface area contributed by atoms with Crippen LogP contribution in [0.4, 0.5) is 0 Å². The highest BCUT2D eigenvalue weighted by atomic mass is 35.5. The zero-order valence-electron chi connectivity index (χ0n) is 8.26. The maximum absolute atomic E-state index is 9.54. The van der Waals surface area contributed by atoms with Crippen molar-refractivity contribution < 1.29 is 10.2 Å². The smallest absolute Gasteiger partial charge is 0.0727 e. The number of hydrogen-bond donors (Lipinski definition) is 2. The predicted molar refractivity (Wildman–Crippen MR) is 51.4 cm³/mol. The first-order valence-electron chi connectivity index (χ1n) is 4.15. The highest BCUT2D eigenvalue weighted by Gasteiger charge is 2.32. The fourth-order valence-electron chi connectivity index (χ4n) is 1.44. The molecule has 0 radical (unpaired) electrons. The highest BCUT2D eigenvalue weighted by Crippen LogP contribution is 2.31. The van der Waals surface area contributed by atoms with Gasteiger partial charge in [0.2, 0.25) is 0 Å². The molecule has 1 atom stereocenters. The summed E-state index contributed by atoms with van der Waals surface area (Å²) in [5, 5.41) is 19.0. The fraction of sp³-hybridized carbons (Fsp3) is 1.00. The van der Waals surface area contributed by atoms with Crippen molar-refractivity contribution in [2.45, 2.75) is 45.8 Å². The van der Waals surface area contributed by atoms with E-state index in [4.69, 9.17) is 11.6 Å². The average molecular weight is 195 g/mol. The Kier molecular flexibility index (Phi) is 4.01. The van der Waals surface area contributed by atoms with E-state index in [1.165, 1.54) is 0 Å². The van der Waals surface area contributed by atoms with Gasteiger partial charge in [0.1, 0.15) is 0 Å². The van der Waals surface area contributed by atoms with Gasteiger partial charge in [0.25, 0.3) is 0 Å². The van der Waals surface area contributed by atoms with Crippen LogP contribution in [0.3, 0.4) is 0 Å². The number of hydrogen-bond acceptors (Lipinski definition) is 2. The Morgan fingerprint density at radius 3 is 1.92 bits per heavy atom. The van der Waals surface area contributed by atoms with Gasteiger partial charge in [-0.1, -0.05) is 13.8 Å². The number of aliphatic hydroxyl groups is 2. The van der Waals surface area contributed by atoms with Crippen LogP contribution in [-0.4, -0.2) is 27.8 Å². The first-order valence-corrected chi connectivity index (χ1v) is 4.69. The lowest BCUT2D eigenvalue weighted by molar-refractivity contribution is -0.0187. The molecule has 0 spiro atoms. The van der Waals surface area contributed by atoms with Crippen molar-refractivity contribution in [3.63, 3.8) is 0 Å². The van der Waals surface area contributed by atoms with E-state index in [0.29, 0.717) is 6.42 Å². The van der Waals surface area contributed by atoms with Crippen LogP contribution in [0.5, 0.6) is 0 Å². The summed E-state index contributed by atoms with van der Waals surface area (Å²) in [6.45, 7) is 7.27. The molecule has 2 N–H and O–H groups in total. The minimum atomic E-state index is -0.753. The summed E-state index contributed by atoms with van der Waals surface area (Å²) < 4.78 is 0. The monoisotopic (exact) mass is 194 g/mol. The van der Waals surface area contributed by atoms with Gasteiger partial charge < -0.3 is 10.2 Å². The molecule has 0 aliphatic carbocycles. The second kappa shape index (κ2) is 3.95. The van der Waals surface area contributed by atoms with E-state index in [-0.39, 0.29) is 11.3 Å². The summed E-state index contributed by atoms with van der Waals surface area (Å²) >= 11 is 5.53. The van der Waals surface area contributed by atoms with Gasteiger partial charge in [-0.05, 0) is 25.7 Å². The Labute approximate surface area is 79.6 Å².